The molecule has 19 aromatic rings. The Morgan fingerprint density at radius 2 is 0.724 bits per heavy atom. The molecule has 0 saturated heterocycles. The van der Waals surface area contributed by atoms with E-state index in [0.29, 0.717) is 34.5 Å². The van der Waals surface area contributed by atoms with Gasteiger partial charge in [-0.05, 0) is 103 Å². The fraction of sp³-hybridized carbons (Fsp3) is 0.0648. The standard InChI is InChI=1S/C22H19N3.C22H18N2O.C22H18N2Se.C21H15N3O2.C21H15N3OS/c1-3-8-17(9-4-1)13-14-20-21(18-10-5-2-6-11-18)25-22(24-20)19-12-7-15-23-16-19;2*1-3-8-17(9-4-1)13-14-20-21(18-10-5-2-6-11-18)24-22(25-20)19-12-7-15-23-16-19;2*25-20(23-17-11-5-2-6-12-17)18-19(15-8-3-1-4-9-15)26-21(24-18)16-10-7-13-22-14-16/h1-12,15-16,22H,13-14H2;2*1-12,15-16H,13-14H2;2*1-14H,(H,23,25). The molecule has 1 aliphatic heterocycles. The number of rotatable bonds is 23. The summed E-state index contributed by atoms with van der Waals surface area (Å²) < 4.78 is 14.7. The molecule has 0 aliphatic carbocycles. The van der Waals surface area contributed by atoms with Gasteiger partial charge in [-0.1, -0.05) is 224 Å². The number of hydrogen-bond donors (Lipinski definition) is 2. The van der Waals surface area contributed by atoms with Crippen LogP contribution >= 0.6 is 11.3 Å². The van der Waals surface area contributed by atoms with Crippen LogP contribution < -0.4 is 10.6 Å². The third-order valence-corrected chi connectivity index (χ3v) is 23.8. The van der Waals surface area contributed by atoms with Gasteiger partial charge in [0.2, 0.25) is 11.8 Å². The summed E-state index contributed by atoms with van der Waals surface area (Å²) in [7, 11) is 0. The van der Waals surface area contributed by atoms with Crippen molar-refractivity contribution in [2.24, 2.45) is 9.98 Å². The molecule has 0 saturated carbocycles. The Bertz CT molecular complexity index is 6350. The van der Waals surface area contributed by atoms with E-state index in [1.165, 1.54) is 42.6 Å². The molecule has 2 N–H and O–H groups in total. The average molecular weight is 1740 g/mol. The van der Waals surface area contributed by atoms with Crippen LogP contribution in [0.25, 0.3) is 87.9 Å². The Morgan fingerprint density at radius 3 is 1.21 bits per heavy atom. The predicted molar refractivity (Wildman–Crippen MR) is 510 cm³/mol. The molecule has 0 radical (unpaired) electrons. The van der Waals surface area contributed by atoms with Crippen LogP contribution in [0.4, 0.5) is 11.4 Å². The zero-order valence-corrected chi connectivity index (χ0v) is 71.6. The fourth-order valence-corrected chi connectivity index (χ4v) is 17.2. The van der Waals surface area contributed by atoms with Crippen LogP contribution in [0.2, 0.25) is 0 Å². The molecule has 20 rings (SSSR count). The van der Waals surface area contributed by atoms with Gasteiger partial charge in [0.05, 0.1) is 27.4 Å². The number of carbonyl (C=O) groups is 2. The Balaban J connectivity index is 0.000000117. The summed E-state index contributed by atoms with van der Waals surface area (Å²) in [6.45, 7) is 0. The fourth-order valence-electron chi connectivity index (χ4n) is 13.9. The van der Waals surface area contributed by atoms with Crippen molar-refractivity contribution in [2.75, 3.05) is 10.6 Å². The smallest absolute Gasteiger partial charge is 0.228 e. The normalized spacial score (nSPS) is 11.7. The zero-order chi connectivity index (χ0) is 86.2. The van der Waals surface area contributed by atoms with Gasteiger partial charge in [-0.3, -0.25) is 39.5 Å². The van der Waals surface area contributed by atoms with Crippen LogP contribution in [0.1, 0.15) is 71.6 Å². The molecule has 127 heavy (non-hydrogen) atoms. The topological polar surface area (TPSA) is 225 Å². The van der Waals surface area contributed by atoms with E-state index in [0.717, 1.165) is 127 Å². The number of amides is 2. The van der Waals surface area contributed by atoms with Gasteiger partial charge < -0.3 is 19.5 Å². The molecule has 2 amide bonds. The second kappa shape index (κ2) is 43.8. The number of benzene rings is 10. The number of oxazole rings is 2. The van der Waals surface area contributed by atoms with E-state index < -0.39 is 0 Å². The number of para-hydroxylation sites is 2. The van der Waals surface area contributed by atoms with Crippen LogP contribution in [0, 0.1) is 0 Å². The third kappa shape index (κ3) is 23.3. The second-order valence-electron chi connectivity index (χ2n) is 29.1. The van der Waals surface area contributed by atoms with Gasteiger partial charge in [0.1, 0.15) is 22.2 Å². The first-order valence-corrected chi connectivity index (χ1v) is 44.1. The first kappa shape index (κ1) is 84.8. The molecule has 17 nitrogen and oxygen atoms in total. The minimum absolute atomic E-state index is 0.185. The number of aliphatic imine (C=N–C) groups is 2. The van der Waals surface area contributed by atoms with Gasteiger partial charge in [0.15, 0.2) is 17.6 Å². The molecule has 19 heteroatoms. The van der Waals surface area contributed by atoms with Gasteiger partial charge in [-0.15, -0.1) is 11.3 Å². The summed E-state index contributed by atoms with van der Waals surface area (Å²) >= 11 is 1.75. The monoisotopic (exact) mass is 1740 g/mol. The molecular weight excluding hydrogens is 1650 g/mol. The van der Waals surface area contributed by atoms with Gasteiger partial charge in [-0.2, -0.15) is 0 Å². The predicted octanol–water partition coefficient (Wildman–Crippen LogP) is 24.3. The molecule has 10 aromatic carbocycles. The Kier molecular flexibility index (Phi) is 29.3. The average Bonchev–Trinajstić information content (AvgIpc) is 1.71. The van der Waals surface area contributed by atoms with Crippen molar-refractivity contribution >= 4 is 60.5 Å². The molecule has 0 spiro atoms. The minimum Gasteiger partial charge on any atom is -0.440 e. The number of pyridine rings is 5. The van der Waals surface area contributed by atoms with E-state index in [2.05, 4.69) is 185 Å². The molecule has 0 fully saturated rings. The molecule has 9 aromatic heterocycles. The second-order valence-corrected chi connectivity index (χ2v) is 32.4. The van der Waals surface area contributed by atoms with E-state index in [-0.39, 0.29) is 38.2 Å². The molecule has 1 aliphatic rings. The maximum atomic E-state index is 12.9. The van der Waals surface area contributed by atoms with Crippen LogP contribution in [0.5, 0.6) is 0 Å². The zero-order valence-electron chi connectivity index (χ0n) is 69.1. The Labute approximate surface area is 747 Å². The number of anilines is 2. The van der Waals surface area contributed by atoms with Crippen molar-refractivity contribution in [1.29, 1.82) is 0 Å². The van der Waals surface area contributed by atoms with Crippen molar-refractivity contribution in [1.82, 2.24) is 44.9 Å². The SMILES string of the molecule is O=C(Nc1ccccc1)c1nc(-c2cccnc2)oc1-c1ccccc1.O=C(Nc1ccccc1)c1nc(-c2cccnc2)sc1-c1ccccc1.c1ccc(CCC2=NC(c3cccnc3)N=C2c2ccccc2)cc1.c1ccc(CCc2[se]c(-c3cccnc3)nc2-c2ccccc2)cc1.c1ccc(CCc2oc(-c3cccnc3)nc2-c2ccccc2)cc1. The number of nitrogens with one attached hydrogen (secondary N) is 2. The van der Waals surface area contributed by atoms with Crippen molar-refractivity contribution < 1.29 is 18.4 Å². The van der Waals surface area contributed by atoms with Crippen LogP contribution in [-0.4, -0.2) is 82.6 Å². The molecular formula is C108H85N13O4SSe. The number of carbonyl (C=O) groups excluding carboxylic acids is 2. The van der Waals surface area contributed by atoms with Gasteiger partial charge in [0.25, 0.3) is 11.8 Å². The summed E-state index contributed by atoms with van der Waals surface area (Å²) in [6, 6.07) is 120. The third-order valence-electron chi connectivity index (χ3n) is 20.2. The summed E-state index contributed by atoms with van der Waals surface area (Å²) in [5.41, 5.74) is 20.1. The molecule has 1 unspecified atom stereocenters. The quantitative estimate of drug-likeness (QED) is 0.0569. The first-order chi connectivity index (χ1) is 62.8. The van der Waals surface area contributed by atoms with Crippen molar-refractivity contribution in [3.05, 3.63) is 475 Å². The van der Waals surface area contributed by atoms with Crippen LogP contribution in [0.15, 0.2) is 445 Å². The van der Waals surface area contributed by atoms with E-state index in [4.69, 9.17) is 28.8 Å². The van der Waals surface area contributed by atoms with E-state index >= 15 is 0 Å². The van der Waals surface area contributed by atoms with Crippen LogP contribution in [-0.2, 0) is 32.1 Å². The van der Waals surface area contributed by atoms with E-state index in [1.54, 1.807) is 49.4 Å². The van der Waals surface area contributed by atoms with Crippen LogP contribution in [0.3, 0.4) is 0 Å². The summed E-state index contributed by atoms with van der Waals surface area (Å²) in [4.78, 5) is 76.0. The van der Waals surface area contributed by atoms with E-state index in [9.17, 15) is 9.59 Å². The van der Waals surface area contributed by atoms with Gasteiger partial charge in [-0.25, -0.2) is 15.0 Å². The summed E-state index contributed by atoms with van der Waals surface area (Å²) in [5.74, 6) is 1.77. The van der Waals surface area contributed by atoms with Gasteiger partial charge in [0, 0.05) is 95.2 Å². The molecule has 1 atom stereocenters. The molecule has 618 valence electrons. The molecule has 10 heterocycles. The van der Waals surface area contributed by atoms with Crippen molar-refractivity contribution in [2.45, 2.75) is 44.7 Å². The maximum Gasteiger partial charge on any atom is 0.228 e. The molecule has 0 bridgehead atoms. The van der Waals surface area contributed by atoms with Gasteiger partial charge >= 0.3 is 154 Å². The first-order valence-electron chi connectivity index (χ1n) is 41.6. The maximum absolute atomic E-state index is 12.9. The van der Waals surface area contributed by atoms with Crippen molar-refractivity contribution in [3.63, 3.8) is 0 Å². The Hall–Kier alpha value is -15.8. The Morgan fingerprint density at radius 1 is 0.323 bits per heavy atom. The van der Waals surface area contributed by atoms with Crippen molar-refractivity contribution in [3.8, 4) is 87.9 Å². The number of nitrogens with zero attached hydrogens (tertiary/aromatic N) is 11. The summed E-state index contributed by atoms with van der Waals surface area (Å²) in [6.07, 6.45) is 23.2. The number of thiazole rings is 1. The number of aryl methyl sites for hydroxylation is 5. The van der Waals surface area contributed by atoms with E-state index in [1.807, 2.05) is 237 Å². The minimum atomic E-state index is -0.325. The number of hydrogen-bond acceptors (Lipinski definition) is 16. The number of aromatic nitrogens is 9. The largest absolute Gasteiger partial charge is 0.440 e. The summed E-state index contributed by atoms with van der Waals surface area (Å²) in [5, 5.41) is 6.55.